The highest BCUT2D eigenvalue weighted by molar-refractivity contribution is 7.86. The molecular formula is C10H12O3S. The lowest BCUT2D eigenvalue weighted by Crippen LogP contribution is -2.01. The molecule has 0 fully saturated rings. The minimum atomic E-state index is -3.62. The molecule has 0 saturated carbocycles. The highest BCUT2D eigenvalue weighted by Crippen LogP contribution is 2.11. The Hall–Kier alpha value is -1.29. The average molecular weight is 212 g/mol. The first kappa shape index (κ1) is 10.8. The highest BCUT2D eigenvalue weighted by Gasteiger charge is 2.12. The average Bonchev–Trinajstić information content (AvgIpc) is 2.19. The lowest BCUT2D eigenvalue weighted by Gasteiger charge is -2.01. The van der Waals surface area contributed by atoms with Crippen LogP contribution in [0, 0.1) is 0 Å². The zero-order valence-electron chi connectivity index (χ0n) is 7.88. The van der Waals surface area contributed by atoms with Gasteiger partial charge in [0, 0.05) is 0 Å². The molecular weight excluding hydrogens is 200 g/mol. The van der Waals surface area contributed by atoms with Crippen molar-refractivity contribution in [1.29, 1.82) is 0 Å². The van der Waals surface area contributed by atoms with E-state index >= 15 is 0 Å². The van der Waals surface area contributed by atoms with E-state index in [4.69, 9.17) is 0 Å². The Morgan fingerprint density at radius 2 is 1.93 bits per heavy atom. The summed E-state index contributed by atoms with van der Waals surface area (Å²) in [4.78, 5) is 0.167. The number of hydrogen-bond acceptors (Lipinski definition) is 3. The summed E-state index contributed by atoms with van der Waals surface area (Å²) < 4.78 is 27.5. The number of allylic oxidation sites excluding steroid dienone is 1. The SMILES string of the molecule is CCC=COS(=O)(=O)c1ccccc1. The molecule has 0 radical (unpaired) electrons. The standard InChI is InChI=1S/C10H12O3S/c1-2-3-9-13-14(11,12)10-7-5-4-6-8-10/h3-9H,2H2,1H3. The molecule has 0 N–H and O–H groups in total. The van der Waals surface area contributed by atoms with Gasteiger partial charge in [-0.25, -0.2) is 0 Å². The maximum absolute atomic E-state index is 11.4. The summed E-state index contributed by atoms with van der Waals surface area (Å²) in [6, 6.07) is 8.05. The van der Waals surface area contributed by atoms with Crippen molar-refractivity contribution in [1.82, 2.24) is 0 Å². The third-order valence-corrected chi connectivity index (χ3v) is 2.76. The highest BCUT2D eigenvalue weighted by atomic mass is 32.2. The van der Waals surface area contributed by atoms with Gasteiger partial charge in [-0.1, -0.05) is 25.1 Å². The van der Waals surface area contributed by atoms with Gasteiger partial charge in [0.2, 0.25) is 0 Å². The quantitative estimate of drug-likeness (QED) is 0.568. The smallest absolute Gasteiger partial charge is 0.338 e. The van der Waals surface area contributed by atoms with Crippen LogP contribution in [0.5, 0.6) is 0 Å². The first-order chi connectivity index (χ1) is 6.67. The topological polar surface area (TPSA) is 43.4 Å². The van der Waals surface area contributed by atoms with E-state index in [1.165, 1.54) is 18.4 Å². The molecule has 0 heterocycles. The Kier molecular flexibility index (Phi) is 3.71. The predicted octanol–water partition coefficient (Wildman–Crippen LogP) is 2.32. The lowest BCUT2D eigenvalue weighted by molar-refractivity contribution is 0.442. The molecule has 4 heteroatoms. The fourth-order valence-electron chi connectivity index (χ4n) is 0.851. The van der Waals surface area contributed by atoms with Crippen LogP contribution >= 0.6 is 0 Å². The Morgan fingerprint density at radius 3 is 2.50 bits per heavy atom. The molecule has 14 heavy (non-hydrogen) atoms. The molecule has 0 spiro atoms. The van der Waals surface area contributed by atoms with Crippen molar-refractivity contribution in [3.63, 3.8) is 0 Å². The zero-order chi connectivity index (χ0) is 10.4. The van der Waals surface area contributed by atoms with Crippen LogP contribution < -0.4 is 0 Å². The summed E-state index contributed by atoms with van der Waals surface area (Å²) in [5.41, 5.74) is 0. The van der Waals surface area contributed by atoms with Crippen LogP contribution in [0.3, 0.4) is 0 Å². The molecule has 0 unspecified atom stereocenters. The normalized spacial score (nSPS) is 11.8. The minimum Gasteiger partial charge on any atom is -0.387 e. The van der Waals surface area contributed by atoms with Crippen molar-refractivity contribution in [2.45, 2.75) is 18.2 Å². The lowest BCUT2D eigenvalue weighted by atomic mass is 10.4. The Balaban J connectivity index is 2.82. The largest absolute Gasteiger partial charge is 0.387 e. The van der Waals surface area contributed by atoms with E-state index in [0.29, 0.717) is 0 Å². The van der Waals surface area contributed by atoms with Crippen LogP contribution in [0.25, 0.3) is 0 Å². The zero-order valence-corrected chi connectivity index (χ0v) is 8.70. The fourth-order valence-corrected chi connectivity index (χ4v) is 1.68. The molecule has 0 amide bonds. The number of rotatable bonds is 4. The summed E-state index contributed by atoms with van der Waals surface area (Å²) >= 11 is 0. The molecule has 0 aromatic heterocycles. The third-order valence-electron chi connectivity index (χ3n) is 1.55. The van der Waals surface area contributed by atoms with Crippen molar-refractivity contribution >= 4 is 10.1 Å². The van der Waals surface area contributed by atoms with Gasteiger partial charge in [0.1, 0.15) is 11.2 Å². The van der Waals surface area contributed by atoms with Gasteiger partial charge in [-0.05, 0) is 24.6 Å². The molecule has 0 bridgehead atoms. The molecule has 3 nitrogen and oxygen atoms in total. The van der Waals surface area contributed by atoms with Crippen molar-refractivity contribution in [3.8, 4) is 0 Å². The van der Waals surface area contributed by atoms with Gasteiger partial charge in [0.15, 0.2) is 0 Å². The van der Waals surface area contributed by atoms with Gasteiger partial charge < -0.3 is 4.18 Å². The Bertz CT molecular complexity index is 393. The van der Waals surface area contributed by atoms with Gasteiger partial charge in [0.25, 0.3) is 0 Å². The van der Waals surface area contributed by atoms with Crippen LogP contribution in [0.15, 0.2) is 47.6 Å². The van der Waals surface area contributed by atoms with E-state index in [1.807, 2.05) is 6.92 Å². The summed E-state index contributed by atoms with van der Waals surface area (Å²) in [6.07, 6.45) is 3.58. The fraction of sp³-hybridized carbons (Fsp3) is 0.200. The Morgan fingerprint density at radius 1 is 1.29 bits per heavy atom. The molecule has 0 saturated heterocycles. The van der Waals surface area contributed by atoms with Crippen LogP contribution in [0.2, 0.25) is 0 Å². The first-order valence-corrected chi connectivity index (χ1v) is 5.71. The van der Waals surface area contributed by atoms with E-state index in [2.05, 4.69) is 4.18 Å². The van der Waals surface area contributed by atoms with Crippen LogP contribution in [-0.4, -0.2) is 8.42 Å². The molecule has 76 valence electrons. The van der Waals surface area contributed by atoms with Gasteiger partial charge in [-0.15, -0.1) is 0 Å². The molecule has 0 atom stereocenters. The van der Waals surface area contributed by atoms with Crippen molar-refractivity contribution in [3.05, 3.63) is 42.7 Å². The molecule has 1 aromatic rings. The second-order valence-corrected chi connectivity index (χ2v) is 4.22. The maximum atomic E-state index is 11.4. The molecule has 0 aliphatic rings. The van der Waals surface area contributed by atoms with Crippen LogP contribution in [-0.2, 0) is 14.3 Å². The summed E-state index contributed by atoms with van der Waals surface area (Å²) in [6.45, 7) is 1.90. The summed E-state index contributed by atoms with van der Waals surface area (Å²) in [7, 11) is -3.62. The molecule has 1 rings (SSSR count). The maximum Gasteiger partial charge on any atom is 0.338 e. The van der Waals surface area contributed by atoms with Gasteiger partial charge >= 0.3 is 10.1 Å². The second-order valence-electron chi connectivity index (χ2n) is 2.64. The van der Waals surface area contributed by atoms with E-state index in [-0.39, 0.29) is 4.90 Å². The van der Waals surface area contributed by atoms with Gasteiger partial charge in [0.05, 0.1) is 0 Å². The Labute approximate surface area is 84.1 Å². The van der Waals surface area contributed by atoms with E-state index in [9.17, 15) is 8.42 Å². The van der Waals surface area contributed by atoms with E-state index in [1.54, 1.807) is 24.3 Å². The monoisotopic (exact) mass is 212 g/mol. The van der Waals surface area contributed by atoms with Gasteiger partial charge in [-0.2, -0.15) is 8.42 Å². The minimum absolute atomic E-state index is 0.167. The van der Waals surface area contributed by atoms with Crippen molar-refractivity contribution < 1.29 is 12.6 Å². The van der Waals surface area contributed by atoms with Crippen molar-refractivity contribution in [2.24, 2.45) is 0 Å². The van der Waals surface area contributed by atoms with Gasteiger partial charge in [-0.3, -0.25) is 0 Å². The number of hydrogen-bond donors (Lipinski definition) is 0. The van der Waals surface area contributed by atoms with E-state index in [0.717, 1.165) is 6.42 Å². The number of benzene rings is 1. The summed E-state index contributed by atoms with van der Waals surface area (Å²) in [5.74, 6) is 0. The first-order valence-electron chi connectivity index (χ1n) is 4.30. The summed E-state index contributed by atoms with van der Waals surface area (Å²) in [5, 5.41) is 0. The van der Waals surface area contributed by atoms with E-state index < -0.39 is 10.1 Å². The second kappa shape index (κ2) is 4.81. The molecule has 0 aliphatic carbocycles. The molecule has 0 aliphatic heterocycles. The van der Waals surface area contributed by atoms with Crippen molar-refractivity contribution in [2.75, 3.05) is 0 Å². The predicted molar refractivity (Wildman–Crippen MR) is 54.1 cm³/mol. The van der Waals surface area contributed by atoms with Crippen LogP contribution in [0.1, 0.15) is 13.3 Å². The molecule has 1 aromatic carbocycles. The third kappa shape index (κ3) is 2.88. The van der Waals surface area contributed by atoms with Crippen LogP contribution in [0.4, 0.5) is 0 Å².